The summed E-state index contributed by atoms with van der Waals surface area (Å²) in [6.45, 7) is 6.51. The van der Waals surface area contributed by atoms with Crippen LogP contribution in [0.1, 0.15) is 38.3 Å². The molecule has 1 fully saturated rings. The van der Waals surface area contributed by atoms with Crippen molar-refractivity contribution in [3.63, 3.8) is 0 Å². The quantitative estimate of drug-likeness (QED) is 0.908. The van der Waals surface area contributed by atoms with Gasteiger partial charge in [-0.05, 0) is 31.9 Å². The monoisotopic (exact) mass is 304 g/mol. The zero-order valence-electron chi connectivity index (χ0n) is 14.0. The van der Waals surface area contributed by atoms with Gasteiger partial charge in [-0.2, -0.15) is 0 Å². The van der Waals surface area contributed by atoms with E-state index < -0.39 is 0 Å². The van der Waals surface area contributed by atoms with Crippen molar-refractivity contribution in [1.29, 1.82) is 0 Å². The summed E-state index contributed by atoms with van der Waals surface area (Å²) in [7, 11) is 1.87. The SMILES string of the molecule is CC(c1ccccc1)N(C)C(=O)CN1CCCC(C)(CO)C1. The fourth-order valence-corrected chi connectivity index (χ4v) is 3.17. The lowest BCUT2D eigenvalue weighted by Gasteiger charge is -2.39. The molecule has 1 aromatic carbocycles. The Morgan fingerprint density at radius 2 is 2.09 bits per heavy atom. The van der Waals surface area contributed by atoms with E-state index in [4.69, 9.17) is 0 Å². The predicted octanol–water partition coefficient (Wildman–Crippen LogP) is 2.30. The van der Waals surface area contributed by atoms with Crippen molar-refractivity contribution in [2.75, 3.05) is 33.3 Å². The smallest absolute Gasteiger partial charge is 0.236 e. The summed E-state index contributed by atoms with van der Waals surface area (Å²) in [5.74, 6) is 0.138. The lowest BCUT2D eigenvalue weighted by Crippen LogP contribution is -2.48. The van der Waals surface area contributed by atoms with E-state index in [0.717, 1.165) is 31.5 Å². The summed E-state index contributed by atoms with van der Waals surface area (Å²) in [5, 5.41) is 9.53. The fraction of sp³-hybridized carbons (Fsp3) is 0.611. The Hall–Kier alpha value is -1.39. The Labute approximate surface area is 133 Å². The van der Waals surface area contributed by atoms with Gasteiger partial charge in [0.15, 0.2) is 0 Å². The minimum Gasteiger partial charge on any atom is -0.396 e. The first-order chi connectivity index (χ1) is 10.4. The molecule has 2 unspecified atom stereocenters. The van der Waals surface area contributed by atoms with Crippen LogP contribution in [0, 0.1) is 5.41 Å². The molecule has 0 saturated carbocycles. The van der Waals surface area contributed by atoms with Crippen LogP contribution in [0.3, 0.4) is 0 Å². The third-order valence-electron chi connectivity index (χ3n) is 4.86. The highest BCUT2D eigenvalue weighted by Crippen LogP contribution is 2.28. The molecule has 22 heavy (non-hydrogen) atoms. The normalized spacial score (nSPS) is 24.0. The van der Waals surface area contributed by atoms with Crippen LogP contribution in [0.5, 0.6) is 0 Å². The average Bonchev–Trinajstić information content (AvgIpc) is 2.54. The van der Waals surface area contributed by atoms with Gasteiger partial charge in [0, 0.05) is 25.6 Å². The number of aliphatic hydroxyl groups excluding tert-OH is 1. The number of likely N-dealkylation sites (tertiary alicyclic amines) is 1. The van der Waals surface area contributed by atoms with Crippen molar-refractivity contribution in [2.45, 2.75) is 32.7 Å². The second-order valence-corrected chi connectivity index (χ2v) is 6.87. The number of rotatable bonds is 5. The number of piperidine rings is 1. The number of amides is 1. The summed E-state index contributed by atoms with van der Waals surface area (Å²) in [6.07, 6.45) is 2.08. The van der Waals surface area contributed by atoms with Crippen molar-refractivity contribution in [2.24, 2.45) is 5.41 Å². The molecule has 4 nitrogen and oxygen atoms in total. The molecule has 1 aromatic rings. The maximum Gasteiger partial charge on any atom is 0.236 e. The maximum absolute atomic E-state index is 12.5. The van der Waals surface area contributed by atoms with Crippen LogP contribution in [-0.2, 0) is 4.79 Å². The molecule has 122 valence electrons. The Balaban J connectivity index is 1.94. The molecule has 2 atom stereocenters. The van der Waals surface area contributed by atoms with E-state index in [1.807, 2.05) is 30.1 Å². The molecule has 4 heteroatoms. The summed E-state index contributed by atoms with van der Waals surface area (Å²) >= 11 is 0. The molecular formula is C18H28N2O2. The Morgan fingerprint density at radius 3 is 2.73 bits per heavy atom. The maximum atomic E-state index is 12.5. The van der Waals surface area contributed by atoms with Gasteiger partial charge in [-0.3, -0.25) is 9.69 Å². The molecule has 1 heterocycles. The summed E-state index contributed by atoms with van der Waals surface area (Å²) in [5.41, 5.74) is 1.08. The molecule has 0 spiro atoms. The third-order valence-corrected chi connectivity index (χ3v) is 4.86. The number of nitrogens with zero attached hydrogens (tertiary/aromatic N) is 2. The highest BCUT2D eigenvalue weighted by Gasteiger charge is 2.31. The Kier molecular flexibility index (Phi) is 5.59. The average molecular weight is 304 g/mol. The van der Waals surface area contributed by atoms with Crippen LogP contribution in [-0.4, -0.2) is 54.1 Å². The first kappa shape index (κ1) is 17.0. The first-order valence-corrected chi connectivity index (χ1v) is 8.09. The number of carbonyl (C=O) groups excluding carboxylic acids is 1. The minimum absolute atomic E-state index is 0.0673. The van der Waals surface area contributed by atoms with Crippen LogP contribution in [0.4, 0.5) is 0 Å². The number of hydrogen-bond donors (Lipinski definition) is 1. The Bertz CT molecular complexity index is 491. The number of benzene rings is 1. The molecule has 1 amide bonds. The number of hydrogen-bond acceptors (Lipinski definition) is 3. The van der Waals surface area contributed by atoms with Gasteiger partial charge in [0.2, 0.25) is 5.91 Å². The van der Waals surface area contributed by atoms with Gasteiger partial charge in [-0.25, -0.2) is 0 Å². The van der Waals surface area contributed by atoms with Gasteiger partial charge in [0.25, 0.3) is 0 Å². The first-order valence-electron chi connectivity index (χ1n) is 8.09. The highest BCUT2D eigenvalue weighted by atomic mass is 16.3. The lowest BCUT2D eigenvalue weighted by atomic mass is 9.83. The van der Waals surface area contributed by atoms with E-state index in [1.54, 1.807) is 0 Å². The molecule has 0 aromatic heterocycles. The molecular weight excluding hydrogens is 276 g/mol. The predicted molar refractivity (Wildman–Crippen MR) is 88.5 cm³/mol. The zero-order chi connectivity index (χ0) is 16.2. The van der Waals surface area contributed by atoms with Crippen LogP contribution in [0.2, 0.25) is 0 Å². The van der Waals surface area contributed by atoms with Gasteiger partial charge >= 0.3 is 0 Å². The molecule has 1 N–H and O–H groups in total. The topological polar surface area (TPSA) is 43.8 Å². The van der Waals surface area contributed by atoms with Gasteiger partial charge in [-0.1, -0.05) is 37.3 Å². The van der Waals surface area contributed by atoms with Gasteiger partial charge < -0.3 is 10.0 Å². The van der Waals surface area contributed by atoms with E-state index in [-0.39, 0.29) is 24.0 Å². The summed E-state index contributed by atoms with van der Waals surface area (Å²) < 4.78 is 0. The Morgan fingerprint density at radius 1 is 1.41 bits per heavy atom. The van der Waals surface area contributed by atoms with E-state index in [0.29, 0.717) is 6.54 Å². The number of aliphatic hydroxyl groups is 1. The third kappa shape index (κ3) is 4.08. The van der Waals surface area contributed by atoms with Gasteiger partial charge in [-0.15, -0.1) is 0 Å². The second-order valence-electron chi connectivity index (χ2n) is 6.87. The molecule has 0 radical (unpaired) electrons. The largest absolute Gasteiger partial charge is 0.396 e. The van der Waals surface area contributed by atoms with E-state index in [1.165, 1.54) is 0 Å². The lowest BCUT2D eigenvalue weighted by molar-refractivity contribution is -0.134. The molecule has 1 aliphatic heterocycles. The minimum atomic E-state index is -0.0673. The standard InChI is InChI=1S/C18H28N2O2/c1-15(16-8-5-4-6-9-16)19(3)17(22)12-20-11-7-10-18(2,13-20)14-21/h4-6,8-9,15,21H,7,10-14H2,1-3H3. The fourth-order valence-electron chi connectivity index (χ4n) is 3.17. The van der Waals surface area contributed by atoms with Crippen molar-refractivity contribution < 1.29 is 9.90 Å². The second kappa shape index (κ2) is 7.25. The van der Waals surface area contributed by atoms with Crippen LogP contribution in [0.15, 0.2) is 30.3 Å². The van der Waals surface area contributed by atoms with E-state index >= 15 is 0 Å². The van der Waals surface area contributed by atoms with Crippen LogP contribution >= 0.6 is 0 Å². The number of carbonyl (C=O) groups is 1. The zero-order valence-corrected chi connectivity index (χ0v) is 14.0. The molecule has 0 bridgehead atoms. The molecule has 0 aliphatic carbocycles. The van der Waals surface area contributed by atoms with Crippen molar-refractivity contribution in [3.05, 3.63) is 35.9 Å². The van der Waals surface area contributed by atoms with Gasteiger partial charge in [0.1, 0.15) is 0 Å². The van der Waals surface area contributed by atoms with E-state index in [2.05, 4.69) is 30.9 Å². The van der Waals surface area contributed by atoms with Gasteiger partial charge in [0.05, 0.1) is 12.6 Å². The van der Waals surface area contributed by atoms with Crippen molar-refractivity contribution in [1.82, 2.24) is 9.80 Å². The highest BCUT2D eigenvalue weighted by molar-refractivity contribution is 5.78. The van der Waals surface area contributed by atoms with Crippen LogP contribution in [0.25, 0.3) is 0 Å². The number of likely N-dealkylation sites (N-methyl/N-ethyl adjacent to an activating group) is 1. The van der Waals surface area contributed by atoms with Crippen molar-refractivity contribution >= 4 is 5.91 Å². The summed E-state index contributed by atoms with van der Waals surface area (Å²) in [6, 6.07) is 10.2. The van der Waals surface area contributed by atoms with E-state index in [9.17, 15) is 9.90 Å². The summed E-state index contributed by atoms with van der Waals surface area (Å²) in [4.78, 5) is 16.5. The van der Waals surface area contributed by atoms with Crippen molar-refractivity contribution in [3.8, 4) is 0 Å². The van der Waals surface area contributed by atoms with Crippen LogP contribution < -0.4 is 0 Å². The molecule has 2 rings (SSSR count). The molecule has 1 saturated heterocycles. The molecule has 1 aliphatic rings.